The number of halogens is 2. The maximum atomic E-state index is 12.6. The van der Waals surface area contributed by atoms with Gasteiger partial charge >= 0.3 is 0 Å². The summed E-state index contributed by atoms with van der Waals surface area (Å²) in [5.41, 5.74) is 0.466. The molecule has 0 saturated carbocycles. The third-order valence-electron chi connectivity index (χ3n) is 3.76. The van der Waals surface area contributed by atoms with Crippen LogP contribution in [-0.4, -0.2) is 34.0 Å². The molecule has 1 aromatic carbocycles. The number of nitrogens with zero attached hydrogens (tertiary/aromatic N) is 3. The Morgan fingerprint density at radius 1 is 1.41 bits per heavy atom. The second kappa shape index (κ2) is 6.26. The highest BCUT2D eigenvalue weighted by Crippen LogP contribution is 2.28. The van der Waals surface area contributed by atoms with Crippen LogP contribution in [0.3, 0.4) is 0 Å². The molecule has 0 bridgehead atoms. The Kier molecular flexibility index (Phi) is 4.36. The molecule has 0 radical (unpaired) electrons. The molecule has 116 valence electrons. The normalized spacial score (nSPS) is 18.5. The molecule has 0 unspecified atom stereocenters. The lowest BCUT2D eigenvalue weighted by Gasteiger charge is -2.31. The van der Waals surface area contributed by atoms with Crippen LogP contribution in [0.2, 0.25) is 10.0 Å². The highest BCUT2D eigenvalue weighted by atomic mass is 35.5. The number of hydrogen-bond donors (Lipinski definition) is 0. The molecule has 1 atom stereocenters. The van der Waals surface area contributed by atoms with Crippen LogP contribution < -0.4 is 0 Å². The van der Waals surface area contributed by atoms with E-state index in [1.54, 1.807) is 30.0 Å². The summed E-state index contributed by atoms with van der Waals surface area (Å²) >= 11 is 12.0. The lowest BCUT2D eigenvalue weighted by molar-refractivity contribution is 0.0696. The summed E-state index contributed by atoms with van der Waals surface area (Å²) in [4.78, 5) is 18.7. The van der Waals surface area contributed by atoms with E-state index < -0.39 is 0 Å². The minimum atomic E-state index is -0.0948. The van der Waals surface area contributed by atoms with Crippen LogP contribution >= 0.6 is 23.2 Å². The van der Waals surface area contributed by atoms with Crippen LogP contribution in [-0.2, 0) is 0 Å². The molecule has 3 rings (SSSR count). The van der Waals surface area contributed by atoms with Crippen molar-refractivity contribution in [1.82, 2.24) is 15.0 Å². The summed E-state index contributed by atoms with van der Waals surface area (Å²) in [7, 11) is 0. The Balaban J connectivity index is 1.78. The van der Waals surface area contributed by atoms with Gasteiger partial charge in [0.05, 0.1) is 16.5 Å². The first-order valence-electron chi connectivity index (χ1n) is 7.09. The Bertz CT molecular complexity index is 702. The molecule has 1 fully saturated rings. The van der Waals surface area contributed by atoms with Crippen LogP contribution in [0.5, 0.6) is 0 Å². The fourth-order valence-electron chi connectivity index (χ4n) is 2.68. The molecule has 1 amide bonds. The fraction of sp³-hybridized carbons (Fsp3) is 0.400. The van der Waals surface area contributed by atoms with E-state index in [0.717, 1.165) is 12.8 Å². The molecule has 1 aliphatic heterocycles. The molecule has 1 aliphatic rings. The summed E-state index contributed by atoms with van der Waals surface area (Å²) in [6, 6.07) is 4.91. The van der Waals surface area contributed by atoms with Gasteiger partial charge in [-0.1, -0.05) is 28.4 Å². The first-order valence-corrected chi connectivity index (χ1v) is 7.84. The van der Waals surface area contributed by atoms with Gasteiger partial charge in [-0.05, 0) is 38.0 Å². The van der Waals surface area contributed by atoms with Crippen molar-refractivity contribution >= 4 is 29.1 Å². The van der Waals surface area contributed by atoms with Crippen LogP contribution in [0, 0.1) is 6.92 Å². The van der Waals surface area contributed by atoms with Gasteiger partial charge in [-0.15, -0.1) is 0 Å². The van der Waals surface area contributed by atoms with Crippen LogP contribution in [0.1, 0.15) is 40.8 Å². The minimum Gasteiger partial charge on any atom is -0.339 e. The summed E-state index contributed by atoms with van der Waals surface area (Å²) in [6.07, 6.45) is 1.82. The third kappa shape index (κ3) is 3.10. The van der Waals surface area contributed by atoms with Gasteiger partial charge in [0.1, 0.15) is 0 Å². The SMILES string of the molecule is Cc1noc([C@@H]2CCCN(C(=O)c3ccc(Cl)cc3Cl)C2)n1. The Hall–Kier alpha value is -1.59. The molecule has 7 heteroatoms. The Labute approximate surface area is 138 Å². The predicted octanol–water partition coefficient (Wildman–Crippen LogP) is 3.70. The number of likely N-dealkylation sites (tertiary alicyclic amines) is 1. The smallest absolute Gasteiger partial charge is 0.255 e. The predicted molar refractivity (Wildman–Crippen MR) is 83.4 cm³/mol. The van der Waals surface area contributed by atoms with Crippen LogP contribution in [0.15, 0.2) is 22.7 Å². The average molecular weight is 340 g/mol. The molecule has 2 heterocycles. The Morgan fingerprint density at radius 2 is 2.23 bits per heavy atom. The number of benzene rings is 1. The highest BCUT2D eigenvalue weighted by molar-refractivity contribution is 6.36. The van der Waals surface area contributed by atoms with Gasteiger partial charge in [-0.3, -0.25) is 4.79 Å². The molecule has 1 aromatic heterocycles. The maximum Gasteiger partial charge on any atom is 0.255 e. The maximum absolute atomic E-state index is 12.6. The van der Waals surface area contributed by atoms with Gasteiger partial charge in [0.2, 0.25) is 5.89 Å². The molecule has 5 nitrogen and oxygen atoms in total. The van der Waals surface area contributed by atoms with E-state index >= 15 is 0 Å². The molecule has 0 aliphatic carbocycles. The number of carbonyl (C=O) groups excluding carboxylic acids is 1. The quantitative estimate of drug-likeness (QED) is 0.836. The van der Waals surface area contributed by atoms with Crippen molar-refractivity contribution in [2.45, 2.75) is 25.7 Å². The lowest BCUT2D eigenvalue weighted by atomic mass is 9.97. The number of amides is 1. The number of piperidine rings is 1. The van der Waals surface area contributed by atoms with E-state index in [9.17, 15) is 4.79 Å². The molecular formula is C15H15Cl2N3O2. The van der Waals surface area contributed by atoms with Crippen molar-refractivity contribution in [2.75, 3.05) is 13.1 Å². The standard InChI is InChI=1S/C15H15Cl2N3O2/c1-9-18-14(22-19-9)10-3-2-6-20(8-10)15(21)12-5-4-11(16)7-13(12)17/h4-5,7,10H,2-3,6,8H2,1H3/t10-/m1/s1. The number of rotatable bonds is 2. The van der Waals surface area contributed by atoms with Gasteiger partial charge in [-0.25, -0.2) is 0 Å². The molecular weight excluding hydrogens is 325 g/mol. The number of aryl methyl sites for hydroxylation is 1. The highest BCUT2D eigenvalue weighted by Gasteiger charge is 2.29. The van der Waals surface area contributed by atoms with E-state index in [2.05, 4.69) is 10.1 Å². The lowest BCUT2D eigenvalue weighted by Crippen LogP contribution is -2.39. The third-order valence-corrected chi connectivity index (χ3v) is 4.31. The molecule has 2 aromatic rings. The molecule has 22 heavy (non-hydrogen) atoms. The van der Waals surface area contributed by atoms with Crippen molar-refractivity contribution in [3.05, 3.63) is 45.5 Å². The van der Waals surface area contributed by atoms with E-state index in [-0.39, 0.29) is 11.8 Å². The summed E-state index contributed by atoms with van der Waals surface area (Å²) in [5.74, 6) is 1.18. The van der Waals surface area contributed by atoms with Gasteiger partial charge < -0.3 is 9.42 Å². The van der Waals surface area contributed by atoms with Gasteiger partial charge in [0.25, 0.3) is 5.91 Å². The second-order valence-corrected chi connectivity index (χ2v) is 6.24. The zero-order chi connectivity index (χ0) is 15.7. The number of carbonyl (C=O) groups is 1. The van der Waals surface area contributed by atoms with E-state index in [1.165, 1.54) is 0 Å². The largest absolute Gasteiger partial charge is 0.339 e. The van der Waals surface area contributed by atoms with Crippen LogP contribution in [0.25, 0.3) is 0 Å². The molecule has 0 spiro atoms. The number of aromatic nitrogens is 2. The summed E-state index contributed by atoms with van der Waals surface area (Å²) in [5, 5.41) is 4.70. The van der Waals surface area contributed by atoms with Crippen molar-refractivity contribution in [2.24, 2.45) is 0 Å². The van der Waals surface area contributed by atoms with Gasteiger partial charge in [-0.2, -0.15) is 4.98 Å². The fourth-order valence-corrected chi connectivity index (χ4v) is 3.16. The Morgan fingerprint density at radius 3 is 2.91 bits per heavy atom. The summed E-state index contributed by atoms with van der Waals surface area (Å²) < 4.78 is 5.23. The van der Waals surface area contributed by atoms with Crippen molar-refractivity contribution < 1.29 is 9.32 Å². The first-order chi connectivity index (χ1) is 10.5. The average Bonchev–Trinajstić information content (AvgIpc) is 2.93. The second-order valence-electron chi connectivity index (χ2n) is 5.39. The van der Waals surface area contributed by atoms with Crippen LogP contribution in [0.4, 0.5) is 0 Å². The van der Waals surface area contributed by atoms with Crippen molar-refractivity contribution in [3.63, 3.8) is 0 Å². The van der Waals surface area contributed by atoms with Gasteiger partial charge in [0.15, 0.2) is 5.82 Å². The van der Waals surface area contributed by atoms with Crippen molar-refractivity contribution in [1.29, 1.82) is 0 Å². The first kappa shape index (κ1) is 15.3. The van der Waals surface area contributed by atoms with E-state index in [1.807, 2.05) is 0 Å². The zero-order valence-corrected chi connectivity index (χ0v) is 13.6. The van der Waals surface area contributed by atoms with E-state index in [4.69, 9.17) is 27.7 Å². The molecule has 1 saturated heterocycles. The summed E-state index contributed by atoms with van der Waals surface area (Å²) in [6.45, 7) is 3.03. The minimum absolute atomic E-state index is 0.0741. The topological polar surface area (TPSA) is 59.2 Å². The number of hydrogen-bond acceptors (Lipinski definition) is 4. The zero-order valence-electron chi connectivity index (χ0n) is 12.1. The van der Waals surface area contributed by atoms with E-state index in [0.29, 0.717) is 40.4 Å². The van der Waals surface area contributed by atoms with Crippen molar-refractivity contribution in [3.8, 4) is 0 Å². The molecule has 0 N–H and O–H groups in total. The van der Waals surface area contributed by atoms with Gasteiger partial charge in [0, 0.05) is 18.1 Å². The monoisotopic (exact) mass is 339 g/mol.